The molecule has 0 aromatic heterocycles. The van der Waals surface area contributed by atoms with Gasteiger partial charge in [0.1, 0.15) is 0 Å². The lowest BCUT2D eigenvalue weighted by atomic mass is 10.0. The minimum absolute atomic E-state index is 0.107. The molecule has 1 aliphatic rings. The molecule has 1 fully saturated rings. The molecule has 0 saturated carbocycles. The maximum Gasteiger partial charge on any atom is 0.253 e. The predicted molar refractivity (Wildman–Crippen MR) is 84.4 cm³/mol. The van der Waals surface area contributed by atoms with E-state index in [9.17, 15) is 9.59 Å². The van der Waals surface area contributed by atoms with Gasteiger partial charge < -0.3 is 15.4 Å². The molecular formula is C15H19BrN2O3. The molecule has 2 N–H and O–H groups in total. The van der Waals surface area contributed by atoms with Crippen LogP contribution in [0, 0.1) is 12.8 Å². The standard InChI is InChI=1S/C15H19BrN2O3/c1-9-6-11(15(20)17-2)13(12(16)7-9)18-14(19)10-4-3-5-21-8-10/h6-7,10H,3-5,8H2,1-2H3,(H,17,20)(H,18,19). The summed E-state index contributed by atoms with van der Waals surface area (Å²) >= 11 is 3.42. The molecule has 21 heavy (non-hydrogen) atoms. The largest absolute Gasteiger partial charge is 0.381 e. The highest BCUT2D eigenvalue weighted by Gasteiger charge is 2.24. The third-order valence-corrected chi connectivity index (χ3v) is 4.11. The molecule has 1 atom stereocenters. The average Bonchev–Trinajstić information content (AvgIpc) is 2.49. The van der Waals surface area contributed by atoms with Crippen LogP contribution in [-0.2, 0) is 9.53 Å². The summed E-state index contributed by atoms with van der Waals surface area (Å²) in [5, 5.41) is 5.46. The highest BCUT2D eigenvalue weighted by atomic mass is 79.9. The van der Waals surface area contributed by atoms with Crippen LogP contribution in [0.3, 0.4) is 0 Å². The van der Waals surface area contributed by atoms with Crippen molar-refractivity contribution in [3.63, 3.8) is 0 Å². The number of hydrogen-bond acceptors (Lipinski definition) is 3. The molecule has 114 valence electrons. The molecule has 1 unspecified atom stereocenters. The lowest BCUT2D eigenvalue weighted by Crippen LogP contribution is -2.31. The Morgan fingerprint density at radius 2 is 2.14 bits per heavy atom. The number of amides is 2. The molecule has 1 aromatic carbocycles. The number of carbonyl (C=O) groups is 2. The van der Waals surface area contributed by atoms with Gasteiger partial charge in [0, 0.05) is 18.1 Å². The lowest BCUT2D eigenvalue weighted by Gasteiger charge is -2.22. The van der Waals surface area contributed by atoms with Crippen molar-refractivity contribution in [2.24, 2.45) is 5.92 Å². The van der Waals surface area contributed by atoms with Crippen LogP contribution in [0.4, 0.5) is 5.69 Å². The summed E-state index contributed by atoms with van der Waals surface area (Å²) in [5.41, 5.74) is 1.91. The van der Waals surface area contributed by atoms with Crippen LogP contribution in [0.25, 0.3) is 0 Å². The van der Waals surface area contributed by atoms with Crippen LogP contribution < -0.4 is 10.6 Å². The van der Waals surface area contributed by atoms with Crippen LogP contribution in [0.5, 0.6) is 0 Å². The van der Waals surface area contributed by atoms with Gasteiger partial charge in [-0.05, 0) is 53.4 Å². The quantitative estimate of drug-likeness (QED) is 0.876. The van der Waals surface area contributed by atoms with Crippen LogP contribution in [0.15, 0.2) is 16.6 Å². The first-order chi connectivity index (χ1) is 10.0. The van der Waals surface area contributed by atoms with Crippen molar-refractivity contribution in [3.8, 4) is 0 Å². The Hall–Kier alpha value is -1.40. The van der Waals surface area contributed by atoms with Gasteiger partial charge in [-0.1, -0.05) is 0 Å². The van der Waals surface area contributed by atoms with Gasteiger partial charge in [-0.25, -0.2) is 0 Å². The molecule has 2 rings (SSSR count). The summed E-state index contributed by atoms with van der Waals surface area (Å²) < 4.78 is 6.04. The lowest BCUT2D eigenvalue weighted by molar-refractivity contribution is -0.123. The second-order valence-electron chi connectivity index (χ2n) is 5.15. The van der Waals surface area contributed by atoms with E-state index < -0.39 is 0 Å². The zero-order chi connectivity index (χ0) is 15.4. The molecule has 1 heterocycles. The number of ether oxygens (including phenoxy) is 1. The monoisotopic (exact) mass is 354 g/mol. The Labute approximate surface area is 132 Å². The highest BCUT2D eigenvalue weighted by molar-refractivity contribution is 9.10. The van der Waals surface area contributed by atoms with Crippen LogP contribution >= 0.6 is 15.9 Å². The predicted octanol–water partition coefficient (Wildman–Crippen LogP) is 2.48. The number of carbonyl (C=O) groups excluding carboxylic acids is 2. The smallest absolute Gasteiger partial charge is 0.253 e. The van der Waals surface area contributed by atoms with Gasteiger partial charge >= 0.3 is 0 Å². The summed E-state index contributed by atoms with van der Waals surface area (Å²) in [6.07, 6.45) is 1.69. The third-order valence-electron chi connectivity index (χ3n) is 3.49. The molecule has 0 aliphatic carbocycles. The van der Waals surface area contributed by atoms with E-state index in [4.69, 9.17) is 4.74 Å². The number of aryl methyl sites for hydroxylation is 1. The van der Waals surface area contributed by atoms with Crippen LogP contribution in [0.2, 0.25) is 0 Å². The highest BCUT2D eigenvalue weighted by Crippen LogP contribution is 2.29. The van der Waals surface area contributed by atoms with Crippen molar-refractivity contribution in [3.05, 3.63) is 27.7 Å². The molecule has 0 bridgehead atoms. The number of anilines is 1. The number of benzene rings is 1. The maximum absolute atomic E-state index is 12.3. The normalized spacial score (nSPS) is 18.1. The van der Waals surface area contributed by atoms with E-state index in [0.29, 0.717) is 28.9 Å². The number of rotatable bonds is 3. The fourth-order valence-electron chi connectivity index (χ4n) is 2.36. The Kier molecular flexibility index (Phi) is 5.36. The first-order valence-electron chi connectivity index (χ1n) is 6.93. The zero-order valence-electron chi connectivity index (χ0n) is 12.2. The first-order valence-corrected chi connectivity index (χ1v) is 7.73. The van der Waals surface area contributed by atoms with Crippen molar-refractivity contribution in [2.75, 3.05) is 25.6 Å². The zero-order valence-corrected chi connectivity index (χ0v) is 13.7. The van der Waals surface area contributed by atoms with E-state index in [-0.39, 0.29) is 17.7 Å². The first kappa shape index (κ1) is 16.0. The fourth-order valence-corrected chi connectivity index (χ4v) is 3.03. The summed E-state index contributed by atoms with van der Waals surface area (Å²) in [4.78, 5) is 24.3. The molecule has 1 aromatic rings. The van der Waals surface area contributed by atoms with Gasteiger partial charge in [0.25, 0.3) is 5.91 Å². The fraction of sp³-hybridized carbons (Fsp3) is 0.467. The van der Waals surface area contributed by atoms with Crippen molar-refractivity contribution < 1.29 is 14.3 Å². The summed E-state index contributed by atoms with van der Waals surface area (Å²) in [5.74, 6) is -0.497. The third kappa shape index (κ3) is 3.83. The van der Waals surface area contributed by atoms with Crippen molar-refractivity contribution in [1.29, 1.82) is 0 Å². The molecular weight excluding hydrogens is 336 g/mol. The van der Waals surface area contributed by atoms with E-state index in [2.05, 4.69) is 26.6 Å². The topological polar surface area (TPSA) is 67.4 Å². The van der Waals surface area contributed by atoms with E-state index in [1.807, 2.05) is 13.0 Å². The average molecular weight is 355 g/mol. The van der Waals surface area contributed by atoms with Gasteiger partial charge in [0.15, 0.2) is 0 Å². The maximum atomic E-state index is 12.3. The van der Waals surface area contributed by atoms with Crippen molar-refractivity contribution in [2.45, 2.75) is 19.8 Å². The van der Waals surface area contributed by atoms with Gasteiger partial charge in [-0.3, -0.25) is 9.59 Å². The summed E-state index contributed by atoms with van der Waals surface area (Å²) in [6.45, 7) is 3.05. The second kappa shape index (κ2) is 7.04. The van der Waals surface area contributed by atoms with Gasteiger partial charge in [0.05, 0.1) is 23.8 Å². The Balaban J connectivity index is 2.25. The van der Waals surface area contributed by atoms with Gasteiger partial charge in [0.2, 0.25) is 5.91 Å². The Bertz CT molecular complexity index is 554. The number of hydrogen-bond donors (Lipinski definition) is 2. The molecule has 0 spiro atoms. The van der Waals surface area contributed by atoms with Crippen LogP contribution in [-0.4, -0.2) is 32.1 Å². The minimum Gasteiger partial charge on any atom is -0.381 e. The van der Waals surface area contributed by atoms with E-state index in [1.54, 1.807) is 13.1 Å². The number of nitrogens with one attached hydrogen (secondary N) is 2. The Morgan fingerprint density at radius 3 is 2.76 bits per heavy atom. The Morgan fingerprint density at radius 1 is 1.38 bits per heavy atom. The number of halogens is 1. The van der Waals surface area contributed by atoms with Gasteiger partial charge in [-0.2, -0.15) is 0 Å². The summed E-state index contributed by atoms with van der Waals surface area (Å²) in [7, 11) is 1.57. The van der Waals surface area contributed by atoms with Gasteiger partial charge in [-0.15, -0.1) is 0 Å². The molecule has 5 nitrogen and oxygen atoms in total. The van der Waals surface area contributed by atoms with E-state index in [0.717, 1.165) is 18.4 Å². The molecule has 1 saturated heterocycles. The molecule has 6 heteroatoms. The summed E-state index contributed by atoms with van der Waals surface area (Å²) in [6, 6.07) is 3.63. The molecule has 1 aliphatic heterocycles. The minimum atomic E-state index is -0.227. The molecule has 0 radical (unpaired) electrons. The van der Waals surface area contributed by atoms with E-state index >= 15 is 0 Å². The SMILES string of the molecule is CNC(=O)c1cc(C)cc(Br)c1NC(=O)C1CCCOC1. The van der Waals surface area contributed by atoms with E-state index in [1.165, 1.54) is 0 Å². The van der Waals surface area contributed by atoms with Crippen molar-refractivity contribution in [1.82, 2.24) is 5.32 Å². The molecule has 2 amide bonds. The second-order valence-corrected chi connectivity index (χ2v) is 6.01. The van der Waals surface area contributed by atoms with Crippen LogP contribution in [0.1, 0.15) is 28.8 Å². The van der Waals surface area contributed by atoms with Crippen molar-refractivity contribution >= 4 is 33.4 Å².